The van der Waals surface area contributed by atoms with E-state index in [0.717, 1.165) is 11.1 Å². The van der Waals surface area contributed by atoms with Gasteiger partial charge < -0.3 is 10.6 Å². The number of benzene rings is 1. The van der Waals surface area contributed by atoms with Crippen molar-refractivity contribution in [1.29, 1.82) is 0 Å². The van der Waals surface area contributed by atoms with E-state index in [1.165, 1.54) is 0 Å². The first-order valence-corrected chi connectivity index (χ1v) is 9.05. The molecule has 2 N–H and O–H groups in total. The van der Waals surface area contributed by atoms with E-state index in [1.807, 2.05) is 19.1 Å². The number of sulfone groups is 1. The maximum Gasteiger partial charge on any atom is 0.315 e. The molecule has 0 radical (unpaired) electrons. The first kappa shape index (κ1) is 18.8. The van der Waals surface area contributed by atoms with Gasteiger partial charge in [-0.15, -0.1) is 0 Å². The van der Waals surface area contributed by atoms with Gasteiger partial charge in [0.25, 0.3) is 0 Å². The quantitative estimate of drug-likeness (QED) is 0.860. The lowest BCUT2D eigenvalue weighted by atomic mass is 10.1. The van der Waals surface area contributed by atoms with Crippen molar-refractivity contribution in [2.75, 3.05) is 12.3 Å². The van der Waals surface area contributed by atoms with Crippen LogP contribution in [0.25, 0.3) is 0 Å². The van der Waals surface area contributed by atoms with Crippen LogP contribution in [-0.4, -0.2) is 31.5 Å². The Morgan fingerprint density at radius 1 is 1.23 bits per heavy atom. The average molecular weight is 347 g/mol. The SMILES string of the molecule is Cc1cc(CNC(=O)NCCS(=O)(=O)C(C)(C)C)ccc1Cl. The second-order valence-electron chi connectivity index (χ2n) is 6.12. The molecule has 0 aromatic heterocycles. The Labute approximate surface area is 137 Å². The Morgan fingerprint density at radius 2 is 1.86 bits per heavy atom. The van der Waals surface area contributed by atoms with Gasteiger partial charge in [0.15, 0.2) is 9.84 Å². The molecule has 0 aliphatic rings. The Morgan fingerprint density at radius 3 is 2.41 bits per heavy atom. The van der Waals surface area contributed by atoms with Crippen LogP contribution in [0.15, 0.2) is 18.2 Å². The standard InChI is InChI=1S/C15H23ClN2O3S/c1-11-9-12(5-6-13(11)16)10-18-14(19)17-7-8-22(20,21)15(2,3)4/h5-6,9H,7-8,10H2,1-4H3,(H2,17,18,19). The van der Waals surface area contributed by atoms with Crippen molar-refractivity contribution in [3.63, 3.8) is 0 Å². The Bertz CT molecular complexity index is 637. The lowest BCUT2D eigenvalue weighted by Crippen LogP contribution is -2.40. The summed E-state index contributed by atoms with van der Waals surface area (Å²) in [6.45, 7) is 7.27. The molecule has 5 nitrogen and oxygen atoms in total. The van der Waals surface area contributed by atoms with Crippen LogP contribution in [0.3, 0.4) is 0 Å². The van der Waals surface area contributed by atoms with Crippen molar-refractivity contribution < 1.29 is 13.2 Å². The van der Waals surface area contributed by atoms with Gasteiger partial charge in [0.05, 0.1) is 10.5 Å². The highest BCUT2D eigenvalue weighted by molar-refractivity contribution is 7.92. The maximum absolute atomic E-state index is 11.9. The van der Waals surface area contributed by atoms with Crippen molar-refractivity contribution in [2.45, 2.75) is 39.0 Å². The number of aryl methyl sites for hydroxylation is 1. The number of carbonyl (C=O) groups is 1. The number of hydrogen-bond donors (Lipinski definition) is 2. The molecular weight excluding hydrogens is 324 g/mol. The van der Waals surface area contributed by atoms with E-state index in [2.05, 4.69) is 10.6 Å². The summed E-state index contributed by atoms with van der Waals surface area (Å²) < 4.78 is 23.0. The van der Waals surface area contributed by atoms with Crippen LogP contribution in [0.5, 0.6) is 0 Å². The molecule has 22 heavy (non-hydrogen) atoms. The summed E-state index contributed by atoms with van der Waals surface area (Å²) in [6.07, 6.45) is 0. The molecule has 1 rings (SSSR count). The monoisotopic (exact) mass is 346 g/mol. The number of urea groups is 1. The van der Waals surface area contributed by atoms with Crippen molar-refractivity contribution in [1.82, 2.24) is 10.6 Å². The Kier molecular flexibility index (Phi) is 6.26. The zero-order valence-electron chi connectivity index (χ0n) is 13.4. The summed E-state index contributed by atoms with van der Waals surface area (Å²) >= 11 is 5.93. The Balaban J connectivity index is 2.40. The molecule has 0 aliphatic carbocycles. The summed E-state index contributed by atoms with van der Waals surface area (Å²) in [5.41, 5.74) is 1.87. The molecule has 0 saturated heterocycles. The highest BCUT2D eigenvalue weighted by atomic mass is 35.5. The average Bonchev–Trinajstić information content (AvgIpc) is 2.38. The number of carbonyl (C=O) groups excluding carboxylic acids is 1. The summed E-state index contributed by atoms with van der Waals surface area (Å²) in [4.78, 5) is 11.7. The maximum atomic E-state index is 11.9. The third-order valence-electron chi connectivity index (χ3n) is 3.26. The molecule has 0 unspecified atom stereocenters. The smallest absolute Gasteiger partial charge is 0.315 e. The molecule has 0 aliphatic heterocycles. The molecule has 2 amide bonds. The number of halogens is 1. The molecule has 0 saturated carbocycles. The van der Waals surface area contributed by atoms with Gasteiger partial charge >= 0.3 is 6.03 Å². The normalized spacial score (nSPS) is 12.0. The minimum Gasteiger partial charge on any atom is -0.337 e. The predicted molar refractivity (Wildman–Crippen MR) is 90.0 cm³/mol. The van der Waals surface area contributed by atoms with Crippen LogP contribution in [-0.2, 0) is 16.4 Å². The van der Waals surface area contributed by atoms with Crippen molar-refractivity contribution in [3.8, 4) is 0 Å². The molecule has 1 aromatic rings. The van der Waals surface area contributed by atoms with E-state index >= 15 is 0 Å². The first-order chi connectivity index (χ1) is 10.0. The molecule has 0 heterocycles. The van der Waals surface area contributed by atoms with Gasteiger partial charge in [0.2, 0.25) is 0 Å². The van der Waals surface area contributed by atoms with E-state index in [1.54, 1.807) is 26.8 Å². The second kappa shape index (κ2) is 7.33. The largest absolute Gasteiger partial charge is 0.337 e. The zero-order chi connectivity index (χ0) is 17.0. The first-order valence-electron chi connectivity index (χ1n) is 7.02. The third-order valence-corrected chi connectivity index (χ3v) is 6.30. The molecule has 124 valence electrons. The lowest BCUT2D eigenvalue weighted by Gasteiger charge is -2.19. The van der Waals surface area contributed by atoms with Gasteiger partial charge in [-0.3, -0.25) is 0 Å². The van der Waals surface area contributed by atoms with Crippen LogP contribution in [0.4, 0.5) is 4.79 Å². The van der Waals surface area contributed by atoms with Gasteiger partial charge in [-0.2, -0.15) is 0 Å². The van der Waals surface area contributed by atoms with E-state index in [-0.39, 0.29) is 12.3 Å². The fourth-order valence-electron chi connectivity index (χ4n) is 1.67. The zero-order valence-corrected chi connectivity index (χ0v) is 14.9. The number of rotatable bonds is 5. The summed E-state index contributed by atoms with van der Waals surface area (Å²) in [7, 11) is -3.23. The summed E-state index contributed by atoms with van der Waals surface area (Å²) in [6, 6.07) is 5.12. The topological polar surface area (TPSA) is 75.3 Å². The van der Waals surface area contributed by atoms with Crippen LogP contribution in [0, 0.1) is 6.92 Å². The lowest BCUT2D eigenvalue weighted by molar-refractivity contribution is 0.241. The van der Waals surface area contributed by atoms with Gasteiger partial charge in [0, 0.05) is 18.1 Å². The summed E-state index contributed by atoms with van der Waals surface area (Å²) in [5, 5.41) is 5.92. The van der Waals surface area contributed by atoms with Gasteiger partial charge in [-0.1, -0.05) is 23.7 Å². The Hall–Kier alpha value is -1.27. The van der Waals surface area contributed by atoms with Crippen molar-refractivity contribution >= 4 is 27.5 Å². The minimum absolute atomic E-state index is 0.0794. The summed E-state index contributed by atoms with van der Waals surface area (Å²) in [5.74, 6) is -0.0794. The molecule has 0 fully saturated rings. The van der Waals surface area contributed by atoms with Crippen molar-refractivity contribution in [2.24, 2.45) is 0 Å². The van der Waals surface area contributed by atoms with E-state index in [0.29, 0.717) is 11.6 Å². The minimum atomic E-state index is -3.23. The molecule has 0 spiro atoms. The van der Waals surface area contributed by atoms with Crippen LogP contribution in [0.1, 0.15) is 31.9 Å². The van der Waals surface area contributed by atoms with Gasteiger partial charge in [-0.25, -0.2) is 13.2 Å². The van der Waals surface area contributed by atoms with Crippen LogP contribution in [0.2, 0.25) is 5.02 Å². The van der Waals surface area contributed by atoms with Crippen LogP contribution >= 0.6 is 11.6 Å². The fourth-order valence-corrected chi connectivity index (χ4v) is 2.77. The number of nitrogens with one attached hydrogen (secondary N) is 2. The van der Waals surface area contributed by atoms with E-state index < -0.39 is 20.6 Å². The molecule has 0 atom stereocenters. The molecule has 0 bridgehead atoms. The second-order valence-corrected chi connectivity index (χ2v) is 9.39. The van der Waals surface area contributed by atoms with E-state index in [4.69, 9.17) is 11.6 Å². The molecule has 1 aromatic carbocycles. The highest BCUT2D eigenvalue weighted by Gasteiger charge is 2.28. The fraction of sp³-hybridized carbons (Fsp3) is 0.533. The highest BCUT2D eigenvalue weighted by Crippen LogP contribution is 2.16. The van der Waals surface area contributed by atoms with Crippen LogP contribution < -0.4 is 10.6 Å². The number of amides is 2. The van der Waals surface area contributed by atoms with E-state index in [9.17, 15) is 13.2 Å². The van der Waals surface area contributed by atoms with Gasteiger partial charge in [0.1, 0.15) is 0 Å². The molecule has 7 heteroatoms. The molecular formula is C15H23ClN2O3S. The third kappa shape index (κ3) is 5.50. The van der Waals surface area contributed by atoms with Crippen molar-refractivity contribution in [3.05, 3.63) is 34.3 Å². The number of hydrogen-bond acceptors (Lipinski definition) is 3. The van der Waals surface area contributed by atoms with Gasteiger partial charge in [-0.05, 0) is 44.9 Å². The predicted octanol–water partition coefficient (Wildman–Crippen LogP) is 2.66.